The summed E-state index contributed by atoms with van der Waals surface area (Å²) in [5, 5.41) is 3.90. The van der Waals surface area contributed by atoms with Crippen molar-refractivity contribution in [1.29, 1.82) is 0 Å². The zero-order chi connectivity index (χ0) is 9.52. The Morgan fingerprint density at radius 1 is 1.23 bits per heavy atom. The van der Waals surface area contributed by atoms with Crippen molar-refractivity contribution in [1.82, 2.24) is 20.8 Å². The molecule has 0 saturated carbocycles. The number of piperazine rings is 1. The van der Waals surface area contributed by atoms with Crippen molar-refractivity contribution in [2.45, 2.75) is 0 Å². The quantitative estimate of drug-likeness (QED) is 0.240. The lowest BCUT2D eigenvalue weighted by molar-refractivity contribution is -0.119. The maximum absolute atomic E-state index is 10.4. The second-order valence-electron chi connectivity index (χ2n) is 2.78. The summed E-state index contributed by atoms with van der Waals surface area (Å²) >= 11 is 0. The van der Waals surface area contributed by atoms with Crippen LogP contribution < -0.4 is 11.0 Å². The molecule has 0 aromatic carbocycles. The van der Waals surface area contributed by atoms with E-state index < -0.39 is 0 Å². The van der Waals surface area contributed by atoms with Crippen LogP contribution in [-0.4, -0.2) is 55.8 Å². The van der Waals surface area contributed by atoms with E-state index >= 15 is 0 Å². The van der Waals surface area contributed by atoms with Gasteiger partial charge in [0.2, 0.25) is 6.41 Å². The zero-order valence-corrected chi connectivity index (χ0v) is 7.73. The minimum atomic E-state index is 0.773. The molecule has 0 aromatic heterocycles. The lowest BCUT2D eigenvalue weighted by Gasteiger charge is -2.30. The summed E-state index contributed by atoms with van der Waals surface area (Å²) in [5.74, 6) is 0. The van der Waals surface area contributed by atoms with Crippen LogP contribution in [-0.2, 0) is 4.79 Å². The van der Waals surface area contributed by atoms with Crippen LogP contribution in [0.15, 0.2) is 5.10 Å². The first kappa shape index (κ1) is 9.79. The molecular formula is C7H15N5O. The standard InChI is InChI=1S/C7H15N5O/c1-8-10-9-6-11-2-4-12(7-13)5-3-11/h6-8,10H,2-5H2,1H3. The van der Waals surface area contributed by atoms with Gasteiger partial charge in [-0.15, -0.1) is 0 Å². The lowest BCUT2D eigenvalue weighted by Crippen LogP contribution is -2.45. The van der Waals surface area contributed by atoms with Crippen molar-refractivity contribution in [3.8, 4) is 0 Å². The Morgan fingerprint density at radius 3 is 2.38 bits per heavy atom. The van der Waals surface area contributed by atoms with E-state index in [1.54, 1.807) is 18.3 Å². The van der Waals surface area contributed by atoms with Crippen molar-refractivity contribution in [2.24, 2.45) is 5.10 Å². The van der Waals surface area contributed by atoms with Gasteiger partial charge in [-0.05, 0) is 0 Å². The molecular weight excluding hydrogens is 170 g/mol. The minimum Gasteiger partial charge on any atom is -0.358 e. The number of hydrazine groups is 1. The molecule has 6 heteroatoms. The first-order valence-corrected chi connectivity index (χ1v) is 4.25. The monoisotopic (exact) mass is 185 g/mol. The molecule has 0 aromatic rings. The third-order valence-electron chi connectivity index (χ3n) is 1.90. The summed E-state index contributed by atoms with van der Waals surface area (Å²) in [4.78, 5) is 14.2. The second-order valence-corrected chi connectivity index (χ2v) is 2.78. The van der Waals surface area contributed by atoms with Crippen LogP contribution in [0.2, 0.25) is 0 Å². The number of carbonyl (C=O) groups is 1. The first-order valence-electron chi connectivity index (χ1n) is 4.25. The van der Waals surface area contributed by atoms with E-state index in [1.807, 2.05) is 0 Å². The van der Waals surface area contributed by atoms with E-state index in [0.29, 0.717) is 0 Å². The molecule has 1 heterocycles. The summed E-state index contributed by atoms with van der Waals surface area (Å²) in [7, 11) is 1.75. The van der Waals surface area contributed by atoms with Crippen LogP contribution in [0.3, 0.4) is 0 Å². The number of hydrogen-bond donors (Lipinski definition) is 2. The molecule has 1 aliphatic rings. The molecule has 1 rings (SSSR count). The van der Waals surface area contributed by atoms with Gasteiger partial charge in [-0.3, -0.25) is 4.79 Å². The molecule has 1 saturated heterocycles. The third-order valence-corrected chi connectivity index (χ3v) is 1.90. The molecule has 1 fully saturated rings. The second kappa shape index (κ2) is 5.36. The van der Waals surface area contributed by atoms with Gasteiger partial charge in [0.05, 0.1) is 0 Å². The van der Waals surface area contributed by atoms with E-state index in [4.69, 9.17) is 0 Å². The molecule has 74 valence electrons. The van der Waals surface area contributed by atoms with Gasteiger partial charge in [0.15, 0.2) is 0 Å². The van der Waals surface area contributed by atoms with Crippen molar-refractivity contribution >= 4 is 12.7 Å². The van der Waals surface area contributed by atoms with Crippen molar-refractivity contribution in [3.05, 3.63) is 0 Å². The van der Waals surface area contributed by atoms with E-state index in [1.165, 1.54) is 0 Å². The lowest BCUT2D eigenvalue weighted by atomic mass is 10.3. The fourth-order valence-corrected chi connectivity index (χ4v) is 1.13. The van der Waals surface area contributed by atoms with Gasteiger partial charge >= 0.3 is 0 Å². The number of rotatable bonds is 4. The molecule has 0 unspecified atom stereocenters. The summed E-state index contributed by atoms with van der Waals surface area (Å²) in [6.45, 7) is 3.23. The van der Waals surface area contributed by atoms with Crippen LogP contribution in [0, 0.1) is 0 Å². The van der Waals surface area contributed by atoms with Gasteiger partial charge in [0.1, 0.15) is 6.34 Å². The fraction of sp³-hybridized carbons (Fsp3) is 0.714. The molecule has 1 aliphatic heterocycles. The van der Waals surface area contributed by atoms with Gasteiger partial charge in [0, 0.05) is 33.2 Å². The molecule has 0 bridgehead atoms. The van der Waals surface area contributed by atoms with Crippen LogP contribution in [0.25, 0.3) is 0 Å². The normalized spacial score (nSPS) is 17.9. The minimum absolute atomic E-state index is 0.773. The molecule has 0 radical (unpaired) electrons. The number of nitrogens with zero attached hydrogens (tertiary/aromatic N) is 3. The highest BCUT2D eigenvalue weighted by molar-refractivity contribution is 5.55. The molecule has 6 nitrogen and oxygen atoms in total. The molecule has 0 aliphatic carbocycles. The molecule has 13 heavy (non-hydrogen) atoms. The fourth-order valence-electron chi connectivity index (χ4n) is 1.13. The molecule has 2 N–H and O–H groups in total. The predicted molar refractivity (Wildman–Crippen MR) is 49.9 cm³/mol. The number of carbonyl (C=O) groups excluding carboxylic acids is 1. The first-order chi connectivity index (χ1) is 6.36. The Hall–Kier alpha value is -1.30. The van der Waals surface area contributed by atoms with E-state index in [0.717, 1.165) is 32.6 Å². The van der Waals surface area contributed by atoms with Gasteiger partial charge in [-0.2, -0.15) is 5.10 Å². The maximum Gasteiger partial charge on any atom is 0.209 e. The largest absolute Gasteiger partial charge is 0.358 e. The van der Waals surface area contributed by atoms with Crippen molar-refractivity contribution in [2.75, 3.05) is 33.2 Å². The summed E-state index contributed by atoms with van der Waals surface area (Å²) in [6, 6.07) is 0. The van der Waals surface area contributed by atoms with Crippen LogP contribution in [0.5, 0.6) is 0 Å². The third kappa shape index (κ3) is 3.29. The van der Waals surface area contributed by atoms with Gasteiger partial charge < -0.3 is 9.80 Å². The van der Waals surface area contributed by atoms with Crippen molar-refractivity contribution in [3.63, 3.8) is 0 Å². The van der Waals surface area contributed by atoms with Gasteiger partial charge in [-0.1, -0.05) is 0 Å². The highest BCUT2D eigenvalue weighted by atomic mass is 16.1. The highest BCUT2D eigenvalue weighted by Crippen LogP contribution is 1.95. The smallest absolute Gasteiger partial charge is 0.209 e. The molecule has 0 atom stereocenters. The van der Waals surface area contributed by atoms with Gasteiger partial charge in [0.25, 0.3) is 0 Å². The van der Waals surface area contributed by atoms with Gasteiger partial charge in [-0.25, -0.2) is 11.0 Å². The number of hydrazone groups is 1. The maximum atomic E-state index is 10.4. The van der Waals surface area contributed by atoms with Crippen LogP contribution >= 0.6 is 0 Å². The topological polar surface area (TPSA) is 60.0 Å². The Balaban J connectivity index is 2.20. The summed E-state index contributed by atoms with van der Waals surface area (Å²) in [6.07, 6.45) is 2.62. The average molecular weight is 185 g/mol. The predicted octanol–water partition coefficient (Wildman–Crippen LogP) is -1.57. The summed E-state index contributed by atoms with van der Waals surface area (Å²) < 4.78 is 0. The number of nitrogens with one attached hydrogen (secondary N) is 2. The van der Waals surface area contributed by atoms with E-state index in [-0.39, 0.29) is 0 Å². The van der Waals surface area contributed by atoms with Crippen LogP contribution in [0.1, 0.15) is 0 Å². The zero-order valence-electron chi connectivity index (χ0n) is 7.73. The van der Waals surface area contributed by atoms with Crippen molar-refractivity contribution < 1.29 is 4.79 Å². The molecule has 0 spiro atoms. The van der Waals surface area contributed by atoms with E-state index in [2.05, 4.69) is 21.0 Å². The number of hydrogen-bond acceptors (Lipinski definition) is 4. The number of amides is 1. The van der Waals surface area contributed by atoms with E-state index in [9.17, 15) is 4.79 Å². The average Bonchev–Trinajstić information content (AvgIpc) is 2.19. The molecule has 1 amide bonds. The summed E-state index contributed by atoms with van der Waals surface area (Å²) in [5.41, 5.74) is 5.30. The Kier molecular flexibility index (Phi) is 4.04. The SMILES string of the molecule is CNNN=CN1CCN(C=O)CC1. The Labute approximate surface area is 77.5 Å². The van der Waals surface area contributed by atoms with Crippen LogP contribution in [0.4, 0.5) is 0 Å². The highest BCUT2D eigenvalue weighted by Gasteiger charge is 2.11. The Morgan fingerprint density at radius 2 is 1.85 bits per heavy atom. The Bertz CT molecular complexity index is 176.